The molecule has 2 heterocycles. The second kappa shape index (κ2) is 6.92. The van der Waals surface area contributed by atoms with Gasteiger partial charge in [-0.05, 0) is 50.6 Å². The van der Waals surface area contributed by atoms with Gasteiger partial charge in [-0.2, -0.15) is 0 Å². The molecule has 0 bridgehead atoms. The highest BCUT2D eigenvalue weighted by atomic mass is 19.1. The van der Waals surface area contributed by atoms with Crippen molar-refractivity contribution < 1.29 is 9.13 Å². The molecule has 118 valence electrons. The van der Waals surface area contributed by atoms with Crippen LogP contribution in [0.15, 0.2) is 30.5 Å². The zero-order valence-electron chi connectivity index (χ0n) is 12.9. The molecular weight excluding hydrogens is 281 g/mol. The highest BCUT2D eigenvalue weighted by Crippen LogP contribution is 2.24. The van der Waals surface area contributed by atoms with E-state index in [1.807, 2.05) is 13.1 Å². The number of aromatic amines is 1. The summed E-state index contributed by atoms with van der Waals surface area (Å²) < 4.78 is 18.5. The van der Waals surface area contributed by atoms with E-state index in [2.05, 4.69) is 14.9 Å². The summed E-state index contributed by atoms with van der Waals surface area (Å²) in [4.78, 5) is 10.2. The molecule has 1 fully saturated rings. The summed E-state index contributed by atoms with van der Waals surface area (Å²) in [6.07, 6.45) is 4.26. The molecular formula is C17H22FN3O. The van der Waals surface area contributed by atoms with Gasteiger partial charge in [0.15, 0.2) is 0 Å². The number of hydrogen-bond acceptors (Lipinski definition) is 3. The van der Waals surface area contributed by atoms with Crippen molar-refractivity contribution >= 4 is 0 Å². The molecule has 0 aliphatic carbocycles. The van der Waals surface area contributed by atoms with Gasteiger partial charge in [-0.25, -0.2) is 9.37 Å². The monoisotopic (exact) mass is 303 g/mol. The smallest absolute Gasteiger partial charge is 0.123 e. The van der Waals surface area contributed by atoms with Crippen molar-refractivity contribution in [2.24, 2.45) is 0 Å². The molecule has 1 aliphatic heterocycles. The van der Waals surface area contributed by atoms with Crippen LogP contribution in [0.5, 0.6) is 5.75 Å². The van der Waals surface area contributed by atoms with Gasteiger partial charge < -0.3 is 9.72 Å². The lowest BCUT2D eigenvalue weighted by Crippen LogP contribution is -2.37. The van der Waals surface area contributed by atoms with Gasteiger partial charge in [-0.15, -0.1) is 0 Å². The number of halogens is 1. The minimum Gasteiger partial charge on any atom is -0.492 e. The summed E-state index contributed by atoms with van der Waals surface area (Å²) >= 11 is 0. The Hall–Kier alpha value is -1.88. The van der Waals surface area contributed by atoms with Gasteiger partial charge in [-0.1, -0.05) is 0 Å². The van der Waals surface area contributed by atoms with E-state index in [9.17, 15) is 4.39 Å². The van der Waals surface area contributed by atoms with E-state index in [4.69, 9.17) is 4.74 Å². The topological polar surface area (TPSA) is 41.2 Å². The minimum atomic E-state index is -0.236. The second-order valence-corrected chi connectivity index (χ2v) is 5.89. The zero-order valence-corrected chi connectivity index (χ0v) is 12.9. The number of imidazole rings is 1. The molecule has 2 aromatic rings. The van der Waals surface area contributed by atoms with E-state index in [0.717, 1.165) is 36.9 Å². The van der Waals surface area contributed by atoms with Gasteiger partial charge in [-0.3, -0.25) is 4.90 Å². The Morgan fingerprint density at radius 3 is 2.91 bits per heavy atom. The number of nitrogens with zero attached hydrogens (tertiary/aromatic N) is 2. The van der Waals surface area contributed by atoms with Crippen LogP contribution in [0.25, 0.3) is 0 Å². The van der Waals surface area contributed by atoms with Crippen LogP contribution in [-0.2, 0) is 0 Å². The number of rotatable bonds is 5. The van der Waals surface area contributed by atoms with Gasteiger partial charge in [0.05, 0.1) is 0 Å². The van der Waals surface area contributed by atoms with Crippen LogP contribution in [0.1, 0.15) is 30.3 Å². The van der Waals surface area contributed by atoms with Crippen molar-refractivity contribution in [1.82, 2.24) is 14.9 Å². The van der Waals surface area contributed by atoms with Crippen LogP contribution in [0.2, 0.25) is 0 Å². The fraction of sp³-hybridized carbons (Fsp3) is 0.471. The molecule has 0 saturated carbocycles. The lowest BCUT2D eigenvalue weighted by molar-refractivity contribution is 0.168. The van der Waals surface area contributed by atoms with Crippen LogP contribution >= 0.6 is 0 Å². The Morgan fingerprint density at radius 1 is 1.36 bits per heavy atom. The summed E-state index contributed by atoms with van der Waals surface area (Å²) in [6.45, 7) is 5.65. The number of H-pyrrole nitrogens is 1. The molecule has 1 aliphatic rings. The average molecular weight is 303 g/mol. The Morgan fingerprint density at radius 2 is 2.18 bits per heavy atom. The first-order chi connectivity index (χ1) is 10.7. The normalized spacial score (nSPS) is 19.3. The zero-order chi connectivity index (χ0) is 15.4. The molecule has 1 aromatic heterocycles. The summed E-state index contributed by atoms with van der Waals surface area (Å²) in [6, 6.07) is 6.18. The molecule has 0 unspecified atom stereocenters. The van der Waals surface area contributed by atoms with Gasteiger partial charge in [0.1, 0.15) is 24.0 Å². The molecule has 5 heteroatoms. The first-order valence-electron chi connectivity index (χ1n) is 7.83. The molecule has 0 radical (unpaired) electrons. The standard InChI is InChI=1S/C17H22FN3O/c1-13-11-19-17(20-13)14-3-2-8-21(12-14)9-10-22-16-6-4-15(18)5-7-16/h4-7,11,14H,2-3,8-10,12H2,1H3,(H,19,20)/t14-/m0/s1. The molecule has 22 heavy (non-hydrogen) atoms. The van der Waals surface area contributed by atoms with Gasteiger partial charge in [0.2, 0.25) is 0 Å². The fourth-order valence-electron chi connectivity index (χ4n) is 2.95. The third-order valence-electron chi connectivity index (χ3n) is 4.10. The third-order valence-corrected chi connectivity index (χ3v) is 4.10. The van der Waals surface area contributed by atoms with Crippen LogP contribution in [0, 0.1) is 12.7 Å². The lowest BCUT2D eigenvalue weighted by atomic mass is 9.97. The molecule has 1 saturated heterocycles. The van der Waals surface area contributed by atoms with Gasteiger partial charge >= 0.3 is 0 Å². The molecule has 1 atom stereocenters. The van der Waals surface area contributed by atoms with E-state index in [1.165, 1.54) is 25.0 Å². The van der Waals surface area contributed by atoms with Gasteiger partial charge in [0.25, 0.3) is 0 Å². The predicted molar refractivity (Wildman–Crippen MR) is 83.6 cm³/mol. The van der Waals surface area contributed by atoms with Crippen molar-refractivity contribution in [3.05, 3.63) is 47.8 Å². The van der Waals surface area contributed by atoms with Crippen LogP contribution in [-0.4, -0.2) is 41.1 Å². The lowest BCUT2D eigenvalue weighted by Gasteiger charge is -2.31. The quantitative estimate of drug-likeness (QED) is 0.922. The van der Waals surface area contributed by atoms with Crippen LogP contribution < -0.4 is 4.74 Å². The summed E-state index contributed by atoms with van der Waals surface area (Å²) in [5, 5.41) is 0. The Bertz CT molecular complexity index is 596. The SMILES string of the molecule is Cc1cnc([C@H]2CCCN(CCOc3ccc(F)cc3)C2)[nH]1. The number of nitrogens with one attached hydrogen (secondary N) is 1. The number of piperidine rings is 1. The van der Waals surface area contributed by atoms with Crippen molar-refractivity contribution in [2.45, 2.75) is 25.7 Å². The van der Waals surface area contributed by atoms with Crippen molar-refractivity contribution in [2.75, 3.05) is 26.2 Å². The van der Waals surface area contributed by atoms with E-state index in [1.54, 1.807) is 12.1 Å². The maximum absolute atomic E-state index is 12.8. The maximum atomic E-state index is 12.8. The van der Waals surface area contributed by atoms with Crippen molar-refractivity contribution in [1.29, 1.82) is 0 Å². The number of aromatic nitrogens is 2. The first kappa shape index (κ1) is 15.0. The molecule has 0 spiro atoms. The van der Waals surface area contributed by atoms with E-state index in [-0.39, 0.29) is 5.82 Å². The minimum absolute atomic E-state index is 0.236. The molecule has 1 N–H and O–H groups in total. The Kier molecular flexibility index (Phi) is 4.73. The fourth-order valence-corrected chi connectivity index (χ4v) is 2.95. The molecule has 0 amide bonds. The summed E-state index contributed by atoms with van der Waals surface area (Å²) in [5.74, 6) is 2.06. The molecule has 4 nitrogen and oxygen atoms in total. The second-order valence-electron chi connectivity index (χ2n) is 5.89. The first-order valence-corrected chi connectivity index (χ1v) is 7.83. The van der Waals surface area contributed by atoms with E-state index in [0.29, 0.717) is 12.5 Å². The average Bonchev–Trinajstić information content (AvgIpc) is 2.96. The highest BCUT2D eigenvalue weighted by molar-refractivity contribution is 5.22. The third kappa shape index (κ3) is 3.85. The van der Waals surface area contributed by atoms with Crippen molar-refractivity contribution in [3.8, 4) is 5.75 Å². The number of benzene rings is 1. The summed E-state index contributed by atoms with van der Waals surface area (Å²) in [7, 11) is 0. The van der Waals surface area contributed by atoms with E-state index < -0.39 is 0 Å². The van der Waals surface area contributed by atoms with Crippen molar-refractivity contribution in [3.63, 3.8) is 0 Å². The highest BCUT2D eigenvalue weighted by Gasteiger charge is 2.23. The van der Waals surface area contributed by atoms with Gasteiger partial charge in [0, 0.05) is 30.9 Å². The van der Waals surface area contributed by atoms with Crippen LogP contribution in [0.3, 0.4) is 0 Å². The van der Waals surface area contributed by atoms with Crippen LogP contribution in [0.4, 0.5) is 4.39 Å². The number of likely N-dealkylation sites (tertiary alicyclic amines) is 1. The number of aryl methyl sites for hydroxylation is 1. The largest absolute Gasteiger partial charge is 0.492 e. The Balaban J connectivity index is 1.47. The summed E-state index contributed by atoms with van der Waals surface area (Å²) in [5.41, 5.74) is 1.12. The Labute approximate surface area is 130 Å². The number of hydrogen-bond donors (Lipinski definition) is 1. The van der Waals surface area contributed by atoms with E-state index >= 15 is 0 Å². The molecule has 3 rings (SSSR count). The number of ether oxygens (including phenoxy) is 1. The maximum Gasteiger partial charge on any atom is 0.123 e. The predicted octanol–water partition coefficient (Wildman–Crippen LogP) is 3.12. The molecule has 1 aromatic carbocycles.